The van der Waals surface area contributed by atoms with E-state index in [-0.39, 0.29) is 18.3 Å². The Hall–Kier alpha value is -0.0551. The van der Waals surface area contributed by atoms with Crippen LogP contribution in [0.2, 0.25) is 5.82 Å². The molecule has 4 heteroatoms. The predicted molar refractivity (Wildman–Crippen MR) is 62.2 cm³/mol. The fourth-order valence-electron chi connectivity index (χ4n) is 3.14. The van der Waals surface area contributed by atoms with E-state index in [1.165, 1.54) is 0 Å². The lowest BCUT2D eigenvalue weighted by atomic mass is 9.76. The normalized spacial score (nSPS) is 48.2. The third-order valence-electron chi connectivity index (χ3n) is 5.21. The van der Waals surface area contributed by atoms with Gasteiger partial charge in [0.2, 0.25) is 0 Å². The average molecular weight is 224 g/mol. The predicted octanol–water partition coefficient (Wildman–Crippen LogP) is 2.12. The van der Waals surface area contributed by atoms with Crippen molar-refractivity contribution in [3.05, 3.63) is 0 Å². The highest BCUT2D eigenvalue weighted by Crippen LogP contribution is 2.69. The standard InChI is InChI=1S/C12H21BO3/c1-10(2)11(3,4)16-13(15-10)9-8-6-14-7-12(8,9)5/h8-9H,6-7H2,1-5H3/t8-,9+,12-/m0/s1. The van der Waals surface area contributed by atoms with E-state index in [0.717, 1.165) is 13.2 Å². The molecular weight excluding hydrogens is 203 g/mol. The monoisotopic (exact) mass is 224 g/mol. The van der Waals surface area contributed by atoms with Crippen LogP contribution in [0.25, 0.3) is 0 Å². The Bertz CT molecular complexity index is 312. The summed E-state index contributed by atoms with van der Waals surface area (Å²) in [6, 6.07) is 0. The van der Waals surface area contributed by atoms with Gasteiger partial charge in [0.05, 0.1) is 17.8 Å². The first-order valence-electron chi connectivity index (χ1n) is 6.21. The lowest BCUT2D eigenvalue weighted by molar-refractivity contribution is 0.00578. The number of fused-ring (bicyclic) bond motifs is 1. The van der Waals surface area contributed by atoms with Crippen LogP contribution in [0, 0.1) is 11.3 Å². The molecule has 3 fully saturated rings. The van der Waals surface area contributed by atoms with Crippen molar-refractivity contribution in [1.82, 2.24) is 0 Å². The van der Waals surface area contributed by atoms with E-state index >= 15 is 0 Å². The molecule has 3 rings (SSSR count). The summed E-state index contributed by atoms with van der Waals surface area (Å²) in [6.45, 7) is 12.5. The molecule has 3 nitrogen and oxygen atoms in total. The van der Waals surface area contributed by atoms with E-state index in [2.05, 4.69) is 34.6 Å². The molecule has 0 aromatic rings. The smallest absolute Gasteiger partial charge is 0.403 e. The van der Waals surface area contributed by atoms with Gasteiger partial charge in [-0.15, -0.1) is 0 Å². The van der Waals surface area contributed by atoms with Gasteiger partial charge in [-0.1, -0.05) is 6.92 Å². The van der Waals surface area contributed by atoms with Crippen LogP contribution in [0.3, 0.4) is 0 Å². The second-order valence-electron chi connectivity index (χ2n) is 6.78. The summed E-state index contributed by atoms with van der Waals surface area (Å²) < 4.78 is 17.7. The Morgan fingerprint density at radius 1 is 1.00 bits per heavy atom. The molecule has 2 aliphatic heterocycles. The zero-order chi connectivity index (χ0) is 11.8. The van der Waals surface area contributed by atoms with Crippen LogP contribution >= 0.6 is 0 Å². The minimum atomic E-state index is -0.203. The van der Waals surface area contributed by atoms with Gasteiger partial charge in [-0.05, 0) is 39.0 Å². The molecule has 0 unspecified atom stereocenters. The molecule has 2 saturated heterocycles. The molecule has 16 heavy (non-hydrogen) atoms. The van der Waals surface area contributed by atoms with Crippen molar-refractivity contribution < 1.29 is 14.0 Å². The lowest BCUT2D eigenvalue weighted by Crippen LogP contribution is -2.41. The third-order valence-corrected chi connectivity index (χ3v) is 5.21. The molecule has 0 N–H and O–H groups in total. The molecule has 3 aliphatic rings. The largest absolute Gasteiger partial charge is 0.462 e. The summed E-state index contributed by atoms with van der Waals surface area (Å²) in [6.07, 6.45) is 0. The van der Waals surface area contributed by atoms with Crippen LogP contribution in [0.4, 0.5) is 0 Å². The Morgan fingerprint density at radius 2 is 1.56 bits per heavy atom. The molecule has 1 aliphatic carbocycles. The molecular formula is C12H21BO3. The summed E-state index contributed by atoms with van der Waals surface area (Å²) in [5.74, 6) is 1.17. The molecule has 90 valence electrons. The maximum absolute atomic E-state index is 6.11. The first-order valence-corrected chi connectivity index (χ1v) is 6.21. The van der Waals surface area contributed by atoms with Gasteiger partial charge in [0, 0.05) is 12.4 Å². The van der Waals surface area contributed by atoms with Crippen LogP contribution in [0.1, 0.15) is 34.6 Å². The SMILES string of the molecule is CC1(C)OB([C@@H]2[C@@H]3COC[C@]23C)OC1(C)C. The molecule has 0 radical (unpaired) electrons. The molecule has 2 heterocycles. The quantitative estimate of drug-likeness (QED) is 0.638. The first kappa shape index (κ1) is 11.1. The Kier molecular flexibility index (Phi) is 1.97. The van der Waals surface area contributed by atoms with Crippen molar-refractivity contribution in [2.75, 3.05) is 13.2 Å². The maximum Gasteiger partial charge on any atom is 0.462 e. The van der Waals surface area contributed by atoms with Crippen LogP contribution in [0.15, 0.2) is 0 Å². The highest BCUT2D eigenvalue weighted by Gasteiger charge is 2.73. The molecule has 1 saturated carbocycles. The highest BCUT2D eigenvalue weighted by atomic mass is 16.7. The second-order valence-corrected chi connectivity index (χ2v) is 6.78. The number of rotatable bonds is 1. The van der Waals surface area contributed by atoms with Gasteiger partial charge < -0.3 is 14.0 Å². The Labute approximate surface area is 98.0 Å². The number of ether oxygens (including phenoxy) is 1. The van der Waals surface area contributed by atoms with Gasteiger partial charge in [0.25, 0.3) is 0 Å². The zero-order valence-electron chi connectivity index (χ0n) is 10.9. The Balaban J connectivity index is 1.77. The molecule has 0 spiro atoms. The fraction of sp³-hybridized carbons (Fsp3) is 1.00. The van der Waals surface area contributed by atoms with Crippen molar-refractivity contribution >= 4 is 7.12 Å². The molecule has 0 amide bonds. The summed E-state index contributed by atoms with van der Waals surface area (Å²) in [7, 11) is -0.0381. The van der Waals surface area contributed by atoms with Gasteiger partial charge in [-0.25, -0.2) is 0 Å². The number of hydrogen-bond acceptors (Lipinski definition) is 3. The topological polar surface area (TPSA) is 27.7 Å². The Morgan fingerprint density at radius 3 is 2.00 bits per heavy atom. The maximum atomic E-state index is 6.11. The van der Waals surface area contributed by atoms with E-state index in [4.69, 9.17) is 14.0 Å². The van der Waals surface area contributed by atoms with Gasteiger partial charge in [0.15, 0.2) is 0 Å². The molecule has 0 aromatic carbocycles. The molecule has 0 bridgehead atoms. The number of hydrogen-bond donors (Lipinski definition) is 0. The van der Waals surface area contributed by atoms with Crippen molar-refractivity contribution in [2.24, 2.45) is 11.3 Å². The van der Waals surface area contributed by atoms with E-state index in [1.54, 1.807) is 0 Å². The van der Waals surface area contributed by atoms with Crippen LogP contribution in [-0.2, 0) is 14.0 Å². The minimum Gasteiger partial charge on any atom is -0.403 e. The van der Waals surface area contributed by atoms with E-state index in [1.807, 2.05) is 0 Å². The van der Waals surface area contributed by atoms with Gasteiger partial charge in [-0.2, -0.15) is 0 Å². The summed E-state index contributed by atoms with van der Waals surface area (Å²) in [5.41, 5.74) is -0.0985. The summed E-state index contributed by atoms with van der Waals surface area (Å²) >= 11 is 0. The minimum absolute atomic E-state index is 0.0381. The second kappa shape index (κ2) is 2.85. The lowest BCUT2D eigenvalue weighted by Gasteiger charge is -2.32. The van der Waals surface area contributed by atoms with Crippen LogP contribution in [0.5, 0.6) is 0 Å². The summed E-state index contributed by atoms with van der Waals surface area (Å²) in [5, 5.41) is 0. The van der Waals surface area contributed by atoms with E-state index in [9.17, 15) is 0 Å². The van der Waals surface area contributed by atoms with E-state index < -0.39 is 0 Å². The average Bonchev–Trinajstić information content (AvgIpc) is 2.41. The van der Waals surface area contributed by atoms with Gasteiger partial charge in [-0.3, -0.25) is 0 Å². The molecule has 0 aromatic heterocycles. The highest BCUT2D eigenvalue weighted by molar-refractivity contribution is 6.49. The van der Waals surface area contributed by atoms with Crippen molar-refractivity contribution in [1.29, 1.82) is 0 Å². The zero-order valence-corrected chi connectivity index (χ0v) is 10.9. The van der Waals surface area contributed by atoms with Crippen molar-refractivity contribution in [3.8, 4) is 0 Å². The summed E-state index contributed by atoms with van der Waals surface area (Å²) in [4.78, 5) is 0. The van der Waals surface area contributed by atoms with Gasteiger partial charge in [0.1, 0.15) is 0 Å². The third kappa shape index (κ3) is 1.21. The van der Waals surface area contributed by atoms with Crippen LogP contribution < -0.4 is 0 Å². The van der Waals surface area contributed by atoms with E-state index in [0.29, 0.717) is 17.2 Å². The van der Waals surface area contributed by atoms with Crippen LogP contribution in [-0.4, -0.2) is 31.5 Å². The van der Waals surface area contributed by atoms with Gasteiger partial charge >= 0.3 is 7.12 Å². The fourth-order valence-corrected chi connectivity index (χ4v) is 3.14. The first-order chi connectivity index (χ1) is 7.28. The van der Waals surface area contributed by atoms with Crippen molar-refractivity contribution in [2.45, 2.75) is 51.6 Å². The molecule has 3 atom stereocenters. The van der Waals surface area contributed by atoms with Crippen molar-refractivity contribution in [3.63, 3.8) is 0 Å².